The van der Waals surface area contributed by atoms with Crippen molar-refractivity contribution in [3.63, 3.8) is 0 Å². The molecule has 2 aliphatic rings. The van der Waals surface area contributed by atoms with E-state index in [-0.39, 0.29) is 5.92 Å². The number of nitrogens with zero attached hydrogens (tertiary/aromatic N) is 1. The summed E-state index contributed by atoms with van der Waals surface area (Å²) in [6.07, 6.45) is 1.91. The lowest BCUT2D eigenvalue weighted by atomic mass is 10.00. The van der Waals surface area contributed by atoms with Crippen molar-refractivity contribution in [3.8, 4) is 0 Å². The molecule has 1 N–H and O–H groups in total. The van der Waals surface area contributed by atoms with Crippen LogP contribution in [0.3, 0.4) is 0 Å². The Morgan fingerprint density at radius 2 is 2.21 bits per heavy atom. The van der Waals surface area contributed by atoms with Crippen LogP contribution in [-0.4, -0.2) is 29.1 Å². The Morgan fingerprint density at radius 3 is 2.89 bits per heavy atom. The van der Waals surface area contributed by atoms with E-state index >= 15 is 0 Å². The molecule has 1 aliphatic heterocycles. The van der Waals surface area contributed by atoms with Crippen LogP contribution in [0.2, 0.25) is 0 Å². The van der Waals surface area contributed by atoms with E-state index in [1.807, 2.05) is 0 Å². The lowest BCUT2D eigenvalue weighted by Crippen LogP contribution is -2.30. The Morgan fingerprint density at radius 1 is 1.42 bits per heavy atom. The lowest BCUT2D eigenvalue weighted by molar-refractivity contribution is -0.141. The van der Waals surface area contributed by atoms with Gasteiger partial charge in [-0.1, -0.05) is 30.7 Å². The van der Waals surface area contributed by atoms with Gasteiger partial charge in [-0.3, -0.25) is 9.69 Å². The van der Waals surface area contributed by atoms with Gasteiger partial charge < -0.3 is 5.11 Å². The van der Waals surface area contributed by atoms with Gasteiger partial charge in [-0.25, -0.2) is 0 Å². The second-order valence-corrected chi connectivity index (χ2v) is 6.15. The topological polar surface area (TPSA) is 40.5 Å². The second kappa shape index (κ2) is 4.64. The number of fused-ring (bicyclic) bond motifs is 1. The van der Waals surface area contributed by atoms with E-state index in [9.17, 15) is 4.79 Å². The largest absolute Gasteiger partial charge is 0.481 e. The molecular weight excluding hydrogens is 238 g/mol. The highest BCUT2D eigenvalue weighted by Crippen LogP contribution is 2.42. The van der Waals surface area contributed by atoms with E-state index in [1.165, 1.54) is 16.7 Å². The molecule has 1 aromatic carbocycles. The maximum Gasteiger partial charge on any atom is 0.307 e. The van der Waals surface area contributed by atoms with E-state index in [0.717, 1.165) is 19.4 Å². The maximum absolute atomic E-state index is 11.1. The summed E-state index contributed by atoms with van der Waals surface area (Å²) in [5, 5.41) is 9.15. The molecule has 3 unspecified atom stereocenters. The fourth-order valence-corrected chi connectivity index (χ4v) is 3.74. The quantitative estimate of drug-likeness (QED) is 0.887. The molecule has 1 aromatic rings. The number of carbonyl (C=O) groups is 1. The van der Waals surface area contributed by atoms with Crippen molar-refractivity contribution in [1.82, 2.24) is 4.90 Å². The smallest absolute Gasteiger partial charge is 0.307 e. The molecular formula is C16H21NO2. The molecule has 3 nitrogen and oxygen atoms in total. The van der Waals surface area contributed by atoms with Crippen molar-refractivity contribution >= 4 is 5.97 Å². The summed E-state index contributed by atoms with van der Waals surface area (Å²) >= 11 is 0. The van der Waals surface area contributed by atoms with Crippen LogP contribution in [0, 0.1) is 18.8 Å². The summed E-state index contributed by atoms with van der Waals surface area (Å²) in [4.78, 5) is 13.5. The molecule has 0 amide bonds. The normalized spacial score (nSPS) is 30.5. The molecule has 3 heteroatoms. The highest BCUT2D eigenvalue weighted by atomic mass is 16.4. The SMILES string of the molecule is Cc1ccc2c(c1)C(N1CCC(C(=O)O)C1)C(C)C2. The molecule has 1 heterocycles. The summed E-state index contributed by atoms with van der Waals surface area (Å²) < 4.78 is 0. The van der Waals surface area contributed by atoms with Gasteiger partial charge in [-0.15, -0.1) is 0 Å². The van der Waals surface area contributed by atoms with Crippen LogP contribution in [0.15, 0.2) is 18.2 Å². The summed E-state index contributed by atoms with van der Waals surface area (Å²) in [6, 6.07) is 7.13. The predicted octanol–water partition coefficient (Wildman–Crippen LogP) is 2.63. The zero-order valence-corrected chi connectivity index (χ0v) is 11.6. The average molecular weight is 259 g/mol. The number of hydrogen-bond donors (Lipinski definition) is 1. The molecule has 0 bridgehead atoms. The van der Waals surface area contributed by atoms with Crippen molar-refractivity contribution in [2.24, 2.45) is 11.8 Å². The Balaban J connectivity index is 1.86. The zero-order valence-electron chi connectivity index (χ0n) is 11.6. The van der Waals surface area contributed by atoms with Gasteiger partial charge in [0.1, 0.15) is 0 Å². The van der Waals surface area contributed by atoms with Gasteiger partial charge in [0.25, 0.3) is 0 Å². The van der Waals surface area contributed by atoms with Crippen molar-refractivity contribution in [3.05, 3.63) is 34.9 Å². The van der Waals surface area contributed by atoms with Crippen molar-refractivity contribution < 1.29 is 9.90 Å². The molecule has 1 saturated heterocycles. The van der Waals surface area contributed by atoms with Crippen molar-refractivity contribution in [1.29, 1.82) is 0 Å². The average Bonchev–Trinajstić information content (AvgIpc) is 2.92. The maximum atomic E-state index is 11.1. The van der Waals surface area contributed by atoms with Crippen molar-refractivity contribution in [2.75, 3.05) is 13.1 Å². The third kappa shape index (κ3) is 2.16. The first kappa shape index (κ1) is 12.7. The fraction of sp³-hybridized carbons (Fsp3) is 0.562. The van der Waals surface area contributed by atoms with Gasteiger partial charge in [-0.2, -0.15) is 0 Å². The van der Waals surface area contributed by atoms with E-state index in [4.69, 9.17) is 5.11 Å². The van der Waals surface area contributed by atoms with Crippen LogP contribution in [0.4, 0.5) is 0 Å². The predicted molar refractivity (Wildman–Crippen MR) is 74.1 cm³/mol. The third-order valence-corrected chi connectivity index (χ3v) is 4.66. The summed E-state index contributed by atoms with van der Waals surface area (Å²) in [5.41, 5.74) is 4.17. The van der Waals surface area contributed by atoms with Crippen molar-refractivity contribution in [2.45, 2.75) is 32.7 Å². The van der Waals surface area contributed by atoms with Gasteiger partial charge in [-0.05, 0) is 43.4 Å². The molecule has 102 valence electrons. The van der Waals surface area contributed by atoms with Crippen LogP contribution in [-0.2, 0) is 11.2 Å². The number of aliphatic carboxylic acids is 1. The Kier molecular flexibility index (Phi) is 3.09. The molecule has 3 rings (SSSR count). The van der Waals surface area contributed by atoms with E-state index in [0.29, 0.717) is 18.5 Å². The Labute approximate surface area is 114 Å². The van der Waals surface area contributed by atoms with Gasteiger partial charge in [0.15, 0.2) is 0 Å². The Hall–Kier alpha value is -1.35. The summed E-state index contributed by atoms with van der Waals surface area (Å²) in [7, 11) is 0. The number of hydrogen-bond acceptors (Lipinski definition) is 2. The molecule has 0 spiro atoms. The number of carboxylic acids is 1. The van der Waals surface area contributed by atoms with Gasteiger partial charge in [0.05, 0.1) is 5.92 Å². The number of carboxylic acid groups (broad SMARTS) is 1. The van der Waals surface area contributed by atoms with Crippen LogP contribution in [0.25, 0.3) is 0 Å². The van der Waals surface area contributed by atoms with Crippen LogP contribution in [0.5, 0.6) is 0 Å². The standard InChI is InChI=1S/C16H21NO2/c1-10-3-4-12-8-11(2)15(14(12)7-10)17-6-5-13(9-17)16(18)19/h3-4,7,11,13,15H,5-6,8-9H2,1-2H3,(H,18,19). The first-order valence-electron chi connectivity index (χ1n) is 7.12. The number of benzene rings is 1. The molecule has 0 saturated carbocycles. The van der Waals surface area contributed by atoms with Gasteiger partial charge in [0.2, 0.25) is 0 Å². The molecule has 19 heavy (non-hydrogen) atoms. The van der Waals surface area contributed by atoms with E-state index in [1.54, 1.807) is 0 Å². The molecule has 0 aromatic heterocycles. The minimum atomic E-state index is -0.641. The zero-order chi connectivity index (χ0) is 13.6. The monoisotopic (exact) mass is 259 g/mol. The summed E-state index contributed by atoms with van der Waals surface area (Å²) in [6.45, 7) is 6.04. The van der Waals surface area contributed by atoms with Crippen LogP contribution < -0.4 is 0 Å². The minimum absolute atomic E-state index is 0.180. The number of rotatable bonds is 2. The van der Waals surface area contributed by atoms with Gasteiger partial charge in [0, 0.05) is 12.6 Å². The molecule has 1 fully saturated rings. The van der Waals surface area contributed by atoms with Crippen LogP contribution in [0.1, 0.15) is 36.1 Å². The van der Waals surface area contributed by atoms with Gasteiger partial charge >= 0.3 is 5.97 Å². The molecule has 1 aliphatic carbocycles. The highest BCUT2D eigenvalue weighted by Gasteiger charge is 2.39. The summed E-state index contributed by atoms with van der Waals surface area (Å²) in [5.74, 6) is -0.233. The number of aryl methyl sites for hydroxylation is 1. The molecule has 0 radical (unpaired) electrons. The van der Waals surface area contributed by atoms with Crippen LogP contribution >= 0.6 is 0 Å². The fourth-order valence-electron chi connectivity index (χ4n) is 3.74. The first-order chi connectivity index (χ1) is 9.06. The van der Waals surface area contributed by atoms with E-state index in [2.05, 4.69) is 36.9 Å². The number of likely N-dealkylation sites (tertiary alicyclic amines) is 1. The lowest BCUT2D eigenvalue weighted by Gasteiger charge is -2.28. The molecule has 3 atom stereocenters. The third-order valence-electron chi connectivity index (χ3n) is 4.66. The first-order valence-corrected chi connectivity index (χ1v) is 7.12. The van der Waals surface area contributed by atoms with E-state index < -0.39 is 5.97 Å². The highest BCUT2D eigenvalue weighted by molar-refractivity contribution is 5.70. The second-order valence-electron chi connectivity index (χ2n) is 6.15. The minimum Gasteiger partial charge on any atom is -0.481 e. The Bertz CT molecular complexity index is 511.